The molecule has 0 bridgehead atoms. The van der Waals surface area contributed by atoms with Crippen molar-refractivity contribution in [1.29, 1.82) is 0 Å². The van der Waals surface area contributed by atoms with Gasteiger partial charge in [0.1, 0.15) is 29.9 Å². The van der Waals surface area contributed by atoms with Gasteiger partial charge in [-0.25, -0.2) is 22.5 Å². The number of aromatic amines is 1. The Morgan fingerprint density at radius 2 is 1.89 bits per heavy atom. The van der Waals surface area contributed by atoms with Crippen LogP contribution in [0.3, 0.4) is 0 Å². The largest absolute Gasteiger partial charge is 0.489 e. The number of hydrogen-bond donors (Lipinski definition) is 3. The molecule has 3 aromatic carbocycles. The zero-order valence-electron chi connectivity index (χ0n) is 35.3. The van der Waals surface area contributed by atoms with E-state index in [-0.39, 0.29) is 41.2 Å². The molecule has 1 amide bonds. The summed E-state index contributed by atoms with van der Waals surface area (Å²) < 4.78 is 55.7. The van der Waals surface area contributed by atoms with Crippen LogP contribution in [0.15, 0.2) is 113 Å². The molecule has 1 fully saturated rings. The number of sulfonamides is 1. The van der Waals surface area contributed by atoms with Crippen LogP contribution in [0.25, 0.3) is 16.6 Å². The van der Waals surface area contributed by atoms with Crippen molar-refractivity contribution in [1.82, 2.24) is 19.6 Å². The minimum absolute atomic E-state index is 0.000467. The van der Waals surface area contributed by atoms with E-state index in [1.165, 1.54) is 35.0 Å². The fourth-order valence-electron chi connectivity index (χ4n) is 8.79. The molecule has 1 saturated heterocycles. The quantitative estimate of drug-likeness (QED) is 0.0852. The molecule has 9 rings (SSSR count). The van der Waals surface area contributed by atoms with Crippen LogP contribution in [0, 0.1) is 15.5 Å². The number of hydrogen-bond acceptors (Lipinski definition) is 11. The second kappa shape index (κ2) is 17.4. The molecule has 4 aliphatic rings. The Bertz CT molecular complexity index is 2850. The molecule has 14 nitrogen and oxygen atoms in total. The standard InChI is InChI=1S/C47H47ClFN7O7S/c1-47(2)15-13-32(39(25-47)29-3-7-33(48)8-4-29)27-54-17-19-55(20-18-54)35-11-12-38(42(22-35)63-36-21-31-14-16-50-45(31)51-26-36)46(57)53-64(60,61)37-23-41(56(58)59)44-43(24-37)62-28-40(52-44)30-5-9-34(49)10-6-30/h3-9,11-12,14,16,21-24,26,34,40,52H,10,13,15,17-20,25,27-28H2,1-2H3,(H,50,51)(H,53,57)/t34?,40-/m0/s1. The van der Waals surface area contributed by atoms with Gasteiger partial charge in [-0.3, -0.25) is 19.8 Å². The Morgan fingerprint density at radius 1 is 1.09 bits per heavy atom. The maximum atomic E-state index is 14.0. The van der Waals surface area contributed by atoms with E-state index in [4.69, 9.17) is 21.1 Å². The third-order valence-electron chi connectivity index (χ3n) is 12.3. The monoisotopic (exact) mass is 907 g/mol. The van der Waals surface area contributed by atoms with Crippen molar-refractivity contribution in [2.75, 3.05) is 49.5 Å². The van der Waals surface area contributed by atoms with E-state index in [1.54, 1.807) is 36.5 Å². The van der Waals surface area contributed by atoms with Crippen LogP contribution in [-0.4, -0.2) is 85.7 Å². The number of carbonyl (C=O) groups is 1. The lowest BCUT2D eigenvalue weighted by molar-refractivity contribution is -0.384. The number of carbonyl (C=O) groups excluding carboxylic acids is 1. The summed E-state index contributed by atoms with van der Waals surface area (Å²) in [6.45, 7) is 8.52. The number of rotatable bonds is 11. The number of nitro groups is 1. The average molecular weight is 908 g/mol. The molecule has 5 aromatic rings. The van der Waals surface area contributed by atoms with Crippen LogP contribution in [-0.2, 0) is 10.0 Å². The normalized spacial score (nSPS) is 19.9. The average Bonchev–Trinajstić information content (AvgIpc) is 3.75. The number of aromatic nitrogens is 2. The highest BCUT2D eigenvalue weighted by molar-refractivity contribution is 7.90. The molecular weight excluding hydrogens is 861 g/mol. The molecule has 0 saturated carbocycles. The van der Waals surface area contributed by atoms with Crippen molar-refractivity contribution >= 4 is 61.2 Å². The highest BCUT2D eigenvalue weighted by atomic mass is 35.5. The number of allylic oxidation sites excluding steroid dienone is 3. The molecule has 332 valence electrons. The number of halogens is 2. The van der Waals surface area contributed by atoms with E-state index in [0.29, 0.717) is 30.1 Å². The number of piperazine rings is 1. The topological polar surface area (TPSA) is 172 Å². The smallest absolute Gasteiger partial charge is 0.297 e. The summed E-state index contributed by atoms with van der Waals surface area (Å²) in [5.74, 6) is -0.676. The van der Waals surface area contributed by atoms with Gasteiger partial charge in [0.15, 0.2) is 11.4 Å². The van der Waals surface area contributed by atoms with Gasteiger partial charge in [-0.05, 0) is 77.8 Å². The summed E-state index contributed by atoms with van der Waals surface area (Å²) in [7, 11) is -4.70. The van der Waals surface area contributed by atoms with Crippen molar-refractivity contribution in [2.45, 2.75) is 56.6 Å². The minimum Gasteiger partial charge on any atom is -0.489 e. The molecule has 2 aliphatic carbocycles. The molecule has 0 spiro atoms. The first-order chi connectivity index (χ1) is 30.7. The van der Waals surface area contributed by atoms with Gasteiger partial charge in [0.2, 0.25) is 0 Å². The SMILES string of the molecule is CC1(C)CCC(CN2CCN(c3ccc(C(=O)NS(=O)(=O)c4cc5c(c([N+](=O)[O-])c4)N[C@H](C4=CCC(F)C=C4)CO5)c(Oc4cnc5[nH]ccc5c4)c3)CC2)=C(c2ccc(Cl)cc2)C1. The summed E-state index contributed by atoms with van der Waals surface area (Å²) in [4.78, 5) is 37.2. The third-order valence-corrected chi connectivity index (χ3v) is 13.9. The van der Waals surface area contributed by atoms with Gasteiger partial charge in [0.25, 0.3) is 21.6 Å². The number of benzene rings is 3. The molecule has 3 N–H and O–H groups in total. The number of H-pyrrole nitrogens is 1. The van der Waals surface area contributed by atoms with Gasteiger partial charge < -0.3 is 24.7 Å². The van der Waals surface area contributed by atoms with Gasteiger partial charge >= 0.3 is 0 Å². The van der Waals surface area contributed by atoms with E-state index in [1.807, 2.05) is 18.2 Å². The van der Waals surface area contributed by atoms with Crippen molar-refractivity contribution in [3.63, 3.8) is 0 Å². The molecular formula is C47H47ClFN7O7S. The predicted octanol–water partition coefficient (Wildman–Crippen LogP) is 9.22. The number of nitro benzene ring substituents is 1. The highest BCUT2D eigenvalue weighted by Crippen LogP contribution is 2.44. The zero-order chi connectivity index (χ0) is 44.8. The van der Waals surface area contributed by atoms with E-state index in [0.717, 1.165) is 67.1 Å². The van der Waals surface area contributed by atoms with E-state index in [2.05, 4.69) is 55.8 Å². The number of nitrogens with zero attached hydrogens (tertiary/aromatic N) is 4. The fraction of sp³-hybridized carbons (Fsp3) is 0.319. The van der Waals surface area contributed by atoms with Crippen LogP contribution in [0.1, 0.15) is 55.5 Å². The number of fused-ring (bicyclic) bond motifs is 2. The lowest BCUT2D eigenvalue weighted by atomic mass is 9.72. The van der Waals surface area contributed by atoms with Gasteiger partial charge in [0.05, 0.1) is 27.6 Å². The Labute approximate surface area is 375 Å². The third kappa shape index (κ3) is 9.21. The van der Waals surface area contributed by atoms with E-state index >= 15 is 0 Å². The van der Waals surface area contributed by atoms with Crippen LogP contribution >= 0.6 is 11.6 Å². The molecule has 1 unspecified atom stereocenters. The number of pyridine rings is 1. The Morgan fingerprint density at radius 3 is 2.64 bits per heavy atom. The predicted molar refractivity (Wildman–Crippen MR) is 245 cm³/mol. The zero-order valence-corrected chi connectivity index (χ0v) is 36.8. The lowest BCUT2D eigenvalue weighted by Gasteiger charge is -2.39. The highest BCUT2D eigenvalue weighted by Gasteiger charge is 2.34. The van der Waals surface area contributed by atoms with Crippen molar-refractivity contribution in [3.8, 4) is 17.2 Å². The molecule has 0 radical (unpaired) electrons. The molecule has 17 heteroatoms. The number of amides is 1. The summed E-state index contributed by atoms with van der Waals surface area (Å²) >= 11 is 6.24. The molecule has 4 heterocycles. The van der Waals surface area contributed by atoms with Crippen molar-refractivity contribution in [2.24, 2.45) is 5.41 Å². The Kier molecular flexibility index (Phi) is 11.7. The number of nitrogens with one attached hydrogen (secondary N) is 3. The summed E-state index contributed by atoms with van der Waals surface area (Å²) in [6.07, 6.45) is 10.1. The maximum Gasteiger partial charge on any atom is 0.297 e. The van der Waals surface area contributed by atoms with Crippen LogP contribution in [0.4, 0.5) is 21.5 Å². The summed E-state index contributed by atoms with van der Waals surface area (Å²) in [5.41, 5.74) is 5.71. The van der Waals surface area contributed by atoms with E-state index < -0.39 is 43.7 Å². The molecule has 2 aliphatic heterocycles. The maximum absolute atomic E-state index is 14.0. The van der Waals surface area contributed by atoms with Crippen LogP contribution in [0.2, 0.25) is 5.02 Å². The number of anilines is 2. The summed E-state index contributed by atoms with van der Waals surface area (Å²) in [6, 6.07) is 18.2. The first kappa shape index (κ1) is 43.0. The first-order valence-electron chi connectivity index (χ1n) is 21.2. The Balaban J connectivity index is 0.949. The van der Waals surface area contributed by atoms with E-state index in [9.17, 15) is 27.7 Å². The molecule has 2 aromatic heterocycles. The fourth-order valence-corrected chi connectivity index (χ4v) is 9.91. The number of alkyl halides is 1. The Hall–Kier alpha value is -6.23. The second-order valence-electron chi connectivity index (χ2n) is 17.4. The van der Waals surface area contributed by atoms with Crippen LogP contribution in [0.5, 0.6) is 17.2 Å². The van der Waals surface area contributed by atoms with Gasteiger partial charge in [-0.1, -0.05) is 61.4 Å². The summed E-state index contributed by atoms with van der Waals surface area (Å²) in [5, 5.41) is 16.8. The lowest BCUT2D eigenvalue weighted by Crippen LogP contribution is -2.47. The second-order valence-corrected chi connectivity index (χ2v) is 19.5. The minimum atomic E-state index is -4.70. The van der Waals surface area contributed by atoms with Crippen molar-refractivity contribution in [3.05, 3.63) is 135 Å². The first-order valence-corrected chi connectivity index (χ1v) is 23.0. The van der Waals surface area contributed by atoms with Gasteiger partial charge in [0, 0.05) is 79.6 Å². The van der Waals surface area contributed by atoms with Gasteiger partial charge in [-0.2, -0.15) is 0 Å². The van der Waals surface area contributed by atoms with Crippen LogP contribution < -0.4 is 24.4 Å². The molecule has 2 atom stereocenters. The number of ether oxygens (including phenoxy) is 2. The van der Waals surface area contributed by atoms with Gasteiger partial charge in [-0.15, -0.1) is 0 Å². The molecule has 64 heavy (non-hydrogen) atoms. The van der Waals surface area contributed by atoms with Crippen molar-refractivity contribution < 1.29 is 32.0 Å².